The van der Waals surface area contributed by atoms with E-state index in [0.29, 0.717) is 5.69 Å². The van der Waals surface area contributed by atoms with E-state index in [1.807, 2.05) is 30.3 Å². The summed E-state index contributed by atoms with van der Waals surface area (Å²) in [5.41, 5.74) is 1.36. The predicted molar refractivity (Wildman–Crippen MR) is 92.2 cm³/mol. The van der Waals surface area contributed by atoms with Crippen LogP contribution in [0.5, 0.6) is 0 Å². The fourth-order valence-electron chi connectivity index (χ4n) is 1.71. The van der Waals surface area contributed by atoms with Crippen molar-refractivity contribution in [1.29, 1.82) is 0 Å². The summed E-state index contributed by atoms with van der Waals surface area (Å²) in [4.78, 5) is 16.3. The Labute approximate surface area is 147 Å². The smallest absolute Gasteiger partial charge is 0.334 e. The molecule has 1 N–H and O–H groups in total. The van der Waals surface area contributed by atoms with Crippen LogP contribution in [-0.2, 0) is 9.53 Å². The van der Waals surface area contributed by atoms with Crippen molar-refractivity contribution in [3.05, 3.63) is 55.6 Å². The number of ether oxygens (including phenoxy) is 1. The molecule has 21 heavy (non-hydrogen) atoms. The van der Waals surface area contributed by atoms with Crippen LogP contribution in [0, 0.1) is 0 Å². The number of pyridine rings is 1. The summed E-state index contributed by atoms with van der Waals surface area (Å²) in [6.07, 6.45) is 1.64. The number of methoxy groups -OCH3 is 1. The van der Waals surface area contributed by atoms with Gasteiger partial charge in [0.25, 0.3) is 0 Å². The molecule has 0 bridgehead atoms. The first-order valence-electron chi connectivity index (χ1n) is 5.92. The molecule has 2 aromatic rings. The van der Waals surface area contributed by atoms with Crippen molar-refractivity contribution in [2.45, 2.75) is 6.04 Å². The second kappa shape index (κ2) is 7.38. The van der Waals surface area contributed by atoms with Crippen LogP contribution in [-0.4, -0.2) is 18.1 Å². The third-order valence-corrected chi connectivity index (χ3v) is 4.30. The summed E-state index contributed by atoms with van der Waals surface area (Å²) in [6, 6.07) is 8.65. The summed E-state index contributed by atoms with van der Waals surface area (Å²) in [7, 11) is 1.35. The monoisotopic (exact) mass is 476 g/mol. The number of halogens is 3. The Hall–Kier alpha value is -0.920. The second-order valence-corrected chi connectivity index (χ2v) is 6.81. The number of aromatic nitrogens is 1. The molecule has 0 fully saturated rings. The lowest BCUT2D eigenvalue weighted by Crippen LogP contribution is -2.23. The molecule has 1 aromatic carbocycles. The molecule has 0 saturated heterocycles. The van der Waals surface area contributed by atoms with E-state index in [9.17, 15) is 4.79 Å². The molecule has 1 atom stereocenters. The van der Waals surface area contributed by atoms with Crippen molar-refractivity contribution in [3.8, 4) is 0 Å². The van der Waals surface area contributed by atoms with Gasteiger partial charge < -0.3 is 10.1 Å². The molecule has 0 amide bonds. The maximum absolute atomic E-state index is 12.1. The van der Waals surface area contributed by atoms with E-state index in [1.165, 1.54) is 7.11 Å². The van der Waals surface area contributed by atoms with Gasteiger partial charge in [-0.1, -0.05) is 15.9 Å². The van der Waals surface area contributed by atoms with Gasteiger partial charge in [-0.3, -0.25) is 4.98 Å². The summed E-state index contributed by atoms with van der Waals surface area (Å²) in [6.45, 7) is 0. The van der Waals surface area contributed by atoms with Gasteiger partial charge in [0.1, 0.15) is 0 Å². The van der Waals surface area contributed by atoms with Crippen LogP contribution in [0.25, 0.3) is 0 Å². The van der Waals surface area contributed by atoms with Gasteiger partial charge >= 0.3 is 5.97 Å². The Morgan fingerprint density at radius 3 is 2.43 bits per heavy atom. The van der Waals surface area contributed by atoms with Crippen molar-refractivity contribution in [3.63, 3.8) is 0 Å². The first-order chi connectivity index (χ1) is 10.0. The van der Waals surface area contributed by atoms with E-state index in [2.05, 4.69) is 58.1 Å². The molecule has 4 nitrogen and oxygen atoms in total. The second-order valence-electron chi connectivity index (χ2n) is 4.13. The minimum Gasteiger partial charge on any atom is -0.467 e. The molecule has 7 heteroatoms. The van der Waals surface area contributed by atoms with E-state index < -0.39 is 12.0 Å². The van der Waals surface area contributed by atoms with Crippen molar-refractivity contribution >= 4 is 59.4 Å². The molecule has 0 saturated carbocycles. The number of esters is 1. The van der Waals surface area contributed by atoms with Crippen molar-refractivity contribution < 1.29 is 9.53 Å². The average Bonchev–Trinajstić information content (AvgIpc) is 2.47. The molecule has 0 aliphatic rings. The first-order valence-corrected chi connectivity index (χ1v) is 8.30. The summed E-state index contributed by atoms with van der Waals surface area (Å²) in [5.74, 6) is -0.409. The molecular weight excluding hydrogens is 468 g/mol. The minimum atomic E-state index is -0.696. The van der Waals surface area contributed by atoms with Crippen LogP contribution in [0.2, 0.25) is 0 Å². The van der Waals surface area contributed by atoms with Gasteiger partial charge in [-0.05, 0) is 62.2 Å². The summed E-state index contributed by atoms with van der Waals surface area (Å²) < 4.78 is 7.37. The Balaban J connectivity index is 2.34. The number of hydrogen-bond acceptors (Lipinski definition) is 4. The largest absolute Gasteiger partial charge is 0.467 e. The molecule has 0 aliphatic carbocycles. The summed E-state index contributed by atoms with van der Waals surface area (Å²) >= 11 is 10.1. The van der Waals surface area contributed by atoms with E-state index >= 15 is 0 Å². The zero-order valence-corrected chi connectivity index (χ0v) is 15.7. The van der Waals surface area contributed by atoms with Gasteiger partial charge in [-0.2, -0.15) is 0 Å². The van der Waals surface area contributed by atoms with Gasteiger partial charge in [0.05, 0.1) is 12.8 Å². The number of benzene rings is 1. The lowest BCUT2D eigenvalue weighted by Gasteiger charge is -2.18. The Morgan fingerprint density at radius 2 is 1.86 bits per heavy atom. The Kier molecular flexibility index (Phi) is 5.78. The number of nitrogens with one attached hydrogen (secondary N) is 1. The highest BCUT2D eigenvalue weighted by Gasteiger charge is 2.25. The number of rotatable bonds is 4. The highest BCUT2D eigenvalue weighted by atomic mass is 79.9. The molecular formula is C14H11Br3N2O2. The number of carbonyl (C=O) groups excluding carboxylic acids is 1. The van der Waals surface area contributed by atoms with Crippen LogP contribution in [0.15, 0.2) is 49.9 Å². The molecule has 0 radical (unpaired) electrons. The maximum atomic E-state index is 12.1. The van der Waals surface area contributed by atoms with E-state index in [4.69, 9.17) is 4.74 Å². The van der Waals surface area contributed by atoms with Crippen LogP contribution < -0.4 is 5.32 Å². The SMILES string of the molecule is COC(=O)C(Nc1ccc(Br)cc1)c1ncc(Br)cc1Br. The standard InChI is InChI=1S/C14H11Br3N2O2/c1-21-14(20)13(12-11(17)6-9(16)7-18-12)19-10-4-2-8(15)3-5-10/h2-7,13,19H,1H3. The van der Waals surface area contributed by atoms with Crippen molar-refractivity contribution in [2.24, 2.45) is 0 Å². The lowest BCUT2D eigenvalue weighted by atomic mass is 10.1. The fraction of sp³-hybridized carbons (Fsp3) is 0.143. The molecule has 2 rings (SSSR count). The van der Waals surface area contributed by atoms with Crippen LogP contribution in [0.3, 0.4) is 0 Å². The van der Waals surface area contributed by atoms with Crippen molar-refractivity contribution in [1.82, 2.24) is 4.98 Å². The molecule has 1 aromatic heterocycles. The van der Waals surface area contributed by atoms with Gasteiger partial charge in [0.15, 0.2) is 6.04 Å². The number of hydrogen-bond donors (Lipinski definition) is 1. The van der Waals surface area contributed by atoms with Gasteiger partial charge in [-0.25, -0.2) is 4.79 Å². The van der Waals surface area contributed by atoms with E-state index in [0.717, 1.165) is 19.1 Å². The highest BCUT2D eigenvalue weighted by molar-refractivity contribution is 9.11. The lowest BCUT2D eigenvalue weighted by molar-refractivity contribution is -0.141. The zero-order valence-electron chi connectivity index (χ0n) is 10.9. The Morgan fingerprint density at radius 1 is 1.19 bits per heavy atom. The van der Waals surface area contributed by atoms with Crippen LogP contribution in [0.1, 0.15) is 11.7 Å². The number of anilines is 1. The summed E-state index contributed by atoms with van der Waals surface area (Å²) in [5, 5.41) is 3.13. The fourth-order valence-corrected chi connectivity index (χ4v) is 3.19. The quantitative estimate of drug-likeness (QED) is 0.647. The third kappa shape index (κ3) is 4.28. The highest BCUT2D eigenvalue weighted by Crippen LogP contribution is 2.28. The van der Waals surface area contributed by atoms with Gasteiger partial charge in [-0.15, -0.1) is 0 Å². The molecule has 0 spiro atoms. The predicted octanol–water partition coefficient (Wildman–Crippen LogP) is 4.70. The average molecular weight is 479 g/mol. The van der Waals surface area contributed by atoms with Crippen LogP contribution >= 0.6 is 47.8 Å². The molecule has 1 unspecified atom stereocenters. The minimum absolute atomic E-state index is 0.409. The van der Waals surface area contributed by atoms with Crippen molar-refractivity contribution in [2.75, 3.05) is 12.4 Å². The molecule has 0 aliphatic heterocycles. The van der Waals surface area contributed by atoms with Gasteiger partial charge in [0, 0.05) is 25.3 Å². The maximum Gasteiger partial charge on any atom is 0.334 e. The van der Waals surface area contributed by atoms with Gasteiger partial charge in [0.2, 0.25) is 0 Å². The van der Waals surface area contributed by atoms with E-state index in [1.54, 1.807) is 6.20 Å². The third-order valence-electron chi connectivity index (χ3n) is 2.70. The normalized spacial score (nSPS) is 11.8. The zero-order chi connectivity index (χ0) is 15.4. The molecule has 1 heterocycles. The van der Waals surface area contributed by atoms with Crippen LogP contribution in [0.4, 0.5) is 5.69 Å². The van der Waals surface area contributed by atoms with E-state index in [-0.39, 0.29) is 0 Å². The number of nitrogens with zero attached hydrogens (tertiary/aromatic N) is 1. The molecule has 110 valence electrons. The number of carbonyl (C=O) groups is 1. The topological polar surface area (TPSA) is 51.2 Å². The Bertz CT molecular complexity index is 647. The first kappa shape index (κ1) is 16.5.